The molecule has 0 saturated carbocycles. The van der Waals surface area contributed by atoms with E-state index in [1.54, 1.807) is 18.2 Å². The van der Waals surface area contributed by atoms with E-state index in [1.165, 1.54) is 6.07 Å². The predicted molar refractivity (Wildman–Crippen MR) is 57.9 cm³/mol. The van der Waals surface area contributed by atoms with Gasteiger partial charge < -0.3 is 4.74 Å². The number of esters is 1. The molecule has 4 heteroatoms. The Morgan fingerprint density at radius 3 is 2.94 bits per heavy atom. The van der Waals surface area contributed by atoms with Crippen molar-refractivity contribution < 1.29 is 13.9 Å². The monoisotopic (exact) mass is 221 g/mol. The molecule has 0 aliphatic carbocycles. The van der Waals surface area contributed by atoms with Crippen molar-refractivity contribution in [2.75, 3.05) is 13.1 Å². The molecule has 0 atom stereocenters. The zero-order valence-electron chi connectivity index (χ0n) is 8.70. The van der Waals surface area contributed by atoms with Crippen LogP contribution in [0.4, 0.5) is 4.39 Å². The summed E-state index contributed by atoms with van der Waals surface area (Å²) < 4.78 is 18.0. The summed E-state index contributed by atoms with van der Waals surface area (Å²) in [6.07, 6.45) is 4.99. The highest BCUT2D eigenvalue weighted by atomic mass is 19.1. The first-order valence-electron chi connectivity index (χ1n) is 4.77. The van der Waals surface area contributed by atoms with E-state index in [9.17, 15) is 9.18 Å². The first-order chi connectivity index (χ1) is 7.74. The second-order valence-electron chi connectivity index (χ2n) is 3.06. The lowest BCUT2D eigenvalue weighted by Crippen LogP contribution is -2.24. The van der Waals surface area contributed by atoms with Crippen LogP contribution in [0.25, 0.3) is 0 Å². The molecule has 0 radical (unpaired) electrons. The van der Waals surface area contributed by atoms with Gasteiger partial charge in [0.15, 0.2) is 0 Å². The van der Waals surface area contributed by atoms with Crippen molar-refractivity contribution in [3.05, 3.63) is 35.6 Å². The van der Waals surface area contributed by atoms with Crippen LogP contribution in [0.1, 0.15) is 5.56 Å². The Morgan fingerprint density at radius 1 is 1.50 bits per heavy atom. The molecule has 16 heavy (non-hydrogen) atoms. The topological polar surface area (TPSA) is 38.3 Å². The maximum atomic E-state index is 13.1. The largest absolute Gasteiger partial charge is 0.460 e. The lowest BCUT2D eigenvalue weighted by Gasteiger charge is -2.05. The summed E-state index contributed by atoms with van der Waals surface area (Å²) in [4.78, 5) is 11.1. The molecule has 0 heterocycles. The summed E-state index contributed by atoms with van der Waals surface area (Å²) in [5.41, 5.74) is 0.354. The van der Waals surface area contributed by atoms with Crippen molar-refractivity contribution in [3.8, 4) is 12.3 Å². The van der Waals surface area contributed by atoms with Crippen molar-refractivity contribution in [2.45, 2.75) is 6.61 Å². The average Bonchev–Trinajstić information content (AvgIpc) is 2.28. The van der Waals surface area contributed by atoms with E-state index in [0.29, 0.717) is 12.1 Å². The van der Waals surface area contributed by atoms with E-state index in [1.807, 2.05) is 0 Å². The quantitative estimate of drug-likeness (QED) is 0.459. The number of terminal acetylenes is 1. The van der Waals surface area contributed by atoms with Crippen LogP contribution in [0.15, 0.2) is 24.3 Å². The van der Waals surface area contributed by atoms with Crippen molar-refractivity contribution in [3.63, 3.8) is 0 Å². The minimum atomic E-state index is -0.460. The van der Waals surface area contributed by atoms with Crippen molar-refractivity contribution in [1.82, 2.24) is 5.32 Å². The highest BCUT2D eigenvalue weighted by Gasteiger charge is 2.05. The fourth-order valence-corrected chi connectivity index (χ4v) is 1.06. The van der Waals surface area contributed by atoms with Gasteiger partial charge in [-0.3, -0.25) is 10.1 Å². The lowest BCUT2D eigenvalue weighted by atomic mass is 10.2. The lowest BCUT2D eigenvalue weighted by molar-refractivity contribution is -0.143. The van der Waals surface area contributed by atoms with E-state index < -0.39 is 5.97 Å². The SMILES string of the molecule is C#CCNCC(=O)OCc1ccccc1F. The van der Waals surface area contributed by atoms with Gasteiger partial charge in [0.25, 0.3) is 0 Å². The summed E-state index contributed by atoms with van der Waals surface area (Å²) in [6.45, 7) is 0.261. The molecule has 0 aliphatic rings. The number of rotatable bonds is 5. The summed E-state index contributed by atoms with van der Waals surface area (Å²) in [5.74, 6) is 1.48. The Hall–Kier alpha value is -1.86. The second kappa shape index (κ2) is 6.59. The Balaban J connectivity index is 2.32. The number of hydrogen-bond donors (Lipinski definition) is 1. The summed E-state index contributed by atoms with van der Waals surface area (Å²) in [7, 11) is 0. The van der Waals surface area contributed by atoms with Gasteiger partial charge in [-0.05, 0) is 6.07 Å². The summed E-state index contributed by atoms with van der Waals surface area (Å²) >= 11 is 0. The third-order valence-corrected chi connectivity index (χ3v) is 1.84. The van der Waals surface area contributed by atoms with Crippen LogP contribution in [0.2, 0.25) is 0 Å². The smallest absolute Gasteiger partial charge is 0.320 e. The van der Waals surface area contributed by atoms with Crippen LogP contribution in [0, 0.1) is 18.2 Å². The molecular weight excluding hydrogens is 209 g/mol. The molecule has 3 nitrogen and oxygen atoms in total. The maximum absolute atomic E-state index is 13.1. The fraction of sp³-hybridized carbons (Fsp3) is 0.250. The zero-order valence-corrected chi connectivity index (χ0v) is 8.70. The van der Waals surface area contributed by atoms with Gasteiger partial charge in [-0.15, -0.1) is 6.42 Å². The molecule has 0 bridgehead atoms. The number of hydrogen-bond acceptors (Lipinski definition) is 3. The van der Waals surface area contributed by atoms with Gasteiger partial charge in [0.2, 0.25) is 0 Å². The van der Waals surface area contributed by atoms with E-state index >= 15 is 0 Å². The van der Waals surface area contributed by atoms with E-state index in [4.69, 9.17) is 11.2 Å². The van der Waals surface area contributed by atoms with Crippen LogP contribution in [-0.4, -0.2) is 19.1 Å². The van der Waals surface area contributed by atoms with Crippen molar-refractivity contribution >= 4 is 5.97 Å². The Morgan fingerprint density at radius 2 is 2.25 bits per heavy atom. The summed E-state index contributed by atoms with van der Waals surface area (Å²) in [6, 6.07) is 6.15. The number of ether oxygens (including phenoxy) is 1. The van der Waals surface area contributed by atoms with E-state index in [-0.39, 0.29) is 19.0 Å². The number of halogens is 1. The van der Waals surface area contributed by atoms with Crippen molar-refractivity contribution in [2.24, 2.45) is 0 Å². The fourth-order valence-electron chi connectivity index (χ4n) is 1.06. The Labute approximate surface area is 93.6 Å². The summed E-state index contributed by atoms with van der Waals surface area (Å²) in [5, 5.41) is 2.68. The second-order valence-corrected chi connectivity index (χ2v) is 3.06. The van der Waals surface area contributed by atoms with Gasteiger partial charge in [-0.1, -0.05) is 24.1 Å². The Bertz CT molecular complexity index is 398. The molecule has 1 rings (SSSR count). The zero-order chi connectivity index (χ0) is 11.8. The van der Waals surface area contributed by atoms with Crippen molar-refractivity contribution in [1.29, 1.82) is 0 Å². The third-order valence-electron chi connectivity index (χ3n) is 1.84. The molecule has 1 N–H and O–H groups in total. The predicted octanol–water partition coefficient (Wildman–Crippen LogP) is 1.09. The average molecular weight is 221 g/mol. The molecular formula is C12H12FNO2. The molecule has 1 aromatic carbocycles. The van der Waals surface area contributed by atoms with Gasteiger partial charge in [0.1, 0.15) is 12.4 Å². The highest BCUT2D eigenvalue weighted by Crippen LogP contribution is 2.07. The van der Waals surface area contributed by atoms with Gasteiger partial charge >= 0.3 is 5.97 Å². The number of carbonyl (C=O) groups is 1. The molecule has 0 unspecified atom stereocenters. The first-order valence-corrected chi connectivity index (χ1v) is 4.77. The third kappa shape index (κ3) is 4.11. The number of nitrogens with one attached hydrogen (secondary N) is 1. The minimum Gasteiger partial charge on any atom is -0.460 e. The van der Waals surface area contributed by atoms with Gasteiger partial charge in [-0.25, -0.2) is 4.39 Å². The number of carbonyl (C=O) groups excluding carboxylic acids is 1. The minimum absolute atomic E-state index is 0.0264. The van der Waals surface area contributed by atoms with Crippen LogP contribution in [0.3, 0.4) is 0 Å². The van der Waals surface area contributed by atoms with Gasteiger partial charge in [-0.2, -0.15) is 0 Å². The van der Waals surface area contributed by atoms with Gasteiger partial charge in [0, 0.05) is 5.56 Å². The molecule has 0 saturated heterocycles. The Kier molecular flexibility index (Phi) is 5.03. The first kappa shape index (κ1) is 12.2. The standard InChI is InChI=1S/C12H12FNO2/c1-2-7-14-8-12(15)16-9-10-5-3-4-6-11(10)13/h1,3-6,14H,7-9H2. The molecule has 84 valence electrons. The highest BCUT2D eigenvalue weighted by molar-refractivity contribution is 5.71. The van der Waals surface area contributed by atoms with Crippen LogP contribution < -0.4 is 5.32 Å². The van der Waals surface area contributed by atoms with Gasteiger partial charge in [0.05, 0.1) is 13.1 Å². The van der Waals surface area contributed by atoms with Crippen LogP contribution >= 0.6 is 0 Å². The maximum Gasteiger partial charge on any atom is 0.320 e. The van der Waals surface area contributed by atoms with E-state index in [0.717, 1.165) is 0 Å². The molecule has 0 aromatic heterocycles. The molecule has 0 amide bonds. The van der Waals surface area contributed by atoms with Crippen LogP contribution in [0.5, 0.6) is 0 Å². The molecule has 0 fully saturated rings. The normalized spacial score (nSPS) is 9.50. The molecule has 0 aliphatic heterocycles. The van der Waals surface area contributed by atoms with E-state index in [2.05, 4.69) is 11.2 Å². The van der Waals surface area contributed by atoms with Crippen LogP contribution in [-0.2, 0) is 16.1 Å². The number of benzene rings is 1. The molecule has 1 aromatic rings. The molecule has 0 spiro atoms.